The summed E-state index contributed by atoms with van der Waals surface area (Å²) in [4.78, 5) is 0. The van der Waals surface area contributed by atoms with Crippen LogP contribution in [0.25, 0.3) is 11.1 Å². The first-order chi connectivity index (χ1) is 16.7. The molecule has 0 aromatic heterocycles. The molecule has 0 aliphatic heterocycles. The zero-order chi connectivity index (χ0) is 23.1. The third-order valence-corrected chi connectivity index (χ3v) is 9.42. The highest BCUT2D eigenvalue weighted by molar-refractivity contribution is 9.10. The summed E-state index contributed by atoms with van der Waals surface area (Å²) in [6.07, 6.45) is 0. The normalized spacial score (nSPS) is 14.3. The van der Waals surface area contributed by atoms with Gasteiger partial charge in [0, 0.05) is 15.6 Å². The molecular weight excluding hydrogens is 499 g/mol. The van der Waals surface area contributed by atoms with E-state index in [1.807, 2.05) is 24.3 Å². The van der Waals surface area contributed by atoms with Gasteiger partial charge in [-0.05, 0) is 58.7 Å². The Kier molecular flexibility index (Phi) is 5.46. The minimum atomic E-state index is -1.18. The fraction of sp³-hybridized carbons (Fsp3) is 0.0323. The van der Waals surface area contributed by atoms with Crippen molar-refractivity contribution >= 4 is 39.8 Å². The quantitative estimate of drug-likeness (QED) is 0.269. The Balaban J connectivity index is 1.56. The van der Waals surface area contributed by atoms with Crippen molar-refractivity contribution in [2.45, 2.75) is 5.60 Å². The molecule has 1 atom stereocenters. The molecule has 1 unspecified atom stereocenters. The molecule has 0 radical (unpaired) electrons. The molecule has 164 valence electrons. The van der Waals surface area contributed by atoms with Gasteiger partial charge in [0.25, 0.3) is 0 Å². The first-order valence-corrected chi connectivity index (χ1v) is 13.4. The zero-order valence-corrected chi connectivity index (χ0v) is 20.9. The second kappa shape index (κ2) is 8.64. The van der Waals surface area contributed by atoms with Gasteiger partial charge in [0.05, 0.1) is 0 Å². The van der Waals surface area contributed by atoms with Crippen LogP contribution in [-0.4, -0.2) is 5.11 Å². The van der Waals surface area contributed by atoms with E-state index in [0.29, 0.717) is 0 Å². The molecule has 0 amide bonds. The van der Waals surface area contributed by atoms with E-state index in [1.54, 1.807) is 0 Å². The molecule has 0 bridgehead atoms. The second-order valence-electron chi connectivity index (χ2n) is 8.50. The number of benzene rings is 5. The van der Waals surface area contributed by atoms with Gasteiger partial charge in [-0.25, -0.2) is 0 Å². The SMILES string of the molecule is OC1(c2cccc(P(c3ccccc3)c3cccc(Br)c3)c2)c2ccccc2-c2ccccc21. The van der Waals surface area contributed by atoms with Crippen molar-refractivity contribution in [3.63, 3.8) is 0 Å². The van der Waals surface area contributed by atoms with Crippen LogP contribution in [0.2, 0.25) is 0 Å². The van der Waals surface area contributed by atoms with Gasteiger partial charge in [-0.1, -0.05) is 125 Å². The Labute approximate surface area is 209 Å². The van der Waals surface area contributed by atoms with Crippen LogP contribution < -0.4 is 15.9 Å². The summed E-state index contributed by atoms with van der Waals surface area (Å²) in [5, 5.41) is 16.1. The van der Waals surface area contributed by atoms with Crippen LogP contribution in [-0.2, 0) is 5.60 Å². The molecule has 0 saturated carbocycles. The maximum atomic E-state index is 12.4. The van der Waals surface area contributed by atoms with Crippen molar-refractivity contribution in [2.75, 3.05) is 0 Å². The number of halogens is 1. The van der Waals surface area contributed by atoms with Crippen molar-refractivity contribution in [2.24, 2.45) is 0 Å². The van der Waals surface area contributed by atoms with Crippen LogP contribution >= 0.6 is 23.9 Å². The lowest BCUT2D eigenvalue weighted by Crippen LogP contribution is -2.28. The summed E-state index contributed by atoms with van der Waals surface area (Å²) in [7, 11) is -0.791. The molecule has 0 spiro atoms. The molecule has 0 heterocycles. The monoisotopic (exact) mass is 520 g/mol. The third-order valence-electron chi connectivity index (χ3n) is 6.53. The van der Waals surface area contributed by atoms with E-state index in [-0.39, 0.29) is 0 Å². The van der Waals surface area contributed by atoms with Crippen LogP contribution in [0, 0.1) is 0 Å². The fourth-order valence-corrected chi connectivity index (χ4v) is 7.98. The van der Waals surface area contributed by atoms with E-state index in [0.717, 1.165) is 32.3 Å². The lowest BCUT2D eigenvalue weighted by molar-refractivity contribution is 0.131. The molecule has 34 heavy (non-hydrogen) atoms. The first kappa shape index (κ1) is 21.5. The van der Waals surface area contributed by atoms with Crippen molar-refractivity contribution in [1.82, 2.24) is 0 Å². The number of hydrogen-bond donors (Lipinski definition) is 1. The van der Waals surface area contributed by atoms with Gasteiger partial charge < -0.3 is 5.11 Å². The molecule has 1 N–H and O–H groups in total. The lowest BCUT2D eigenvalue weighted by atomic mass is 9.84. The van der Waals surface area contributed by atoms with Gasteiger partial charge >= 0.3 is 0 Å². The smallest absolute Gasteiger partial charge is 0.141 e. The van der Waals surface area contributed by atoms with Gasteiger partial charge in [0.15, 0.2) is 0 Å². The molecule has 3 heteroatoms. The van der Waals surface area contributed by atoms with Crippen LogP contribution in [0.3, 0.4) is 0 Å². The van der Waals surface area contributed by atoms with Crippen LogP contribution in [0.1, 0.15) is 16.7 Å². The maximum absolute atomic E-state index is 12.4. The largest absolute Gasteiger partial charge is 0.376 e. The Morgan fingerprint density at radius 2 is 1.06 bits per heavy atom. The Bertz CT molecular complexity index is 1450. The van der Waals surface area contributed by atoms with Gasteiger partial charge in [-0.2, -0.15) is 0 Å². The highest BCUT2D eigenvalue weighted by Crippen LogP contribution is 2.50. The standard InChI is InChI=1S/C31H22BrOP/c32-23-11-9-15-26(21-23)34(24-12-2-1-3-13-24)25-14-8-10-22(20-25)31(33)29-18-6-4-16-27(29)28-17-5-7-19-30(28)31/h1-21,33H. The van der Waals surface area contributed by atoms with Crippen LogP contribution in [0.5, 0.6) is 0 Å². The molecule has 0 saturated heterocycles. The van der Waals surface area contributed by atoms with Gasteiger partial charge in [0.1, 0.15) is 5.60 Å². The fourth-order valence-electron chi connectivity index (χ4n) is 5.03. The average molecular weight is 521 g/mol. The third kappa shape index (κ3) is 3.46. The van der Waals surface area contributed by atoms with Gasteiger partial charge in [-0.15, -0.1) is 0 Å². The topological polar surface area (TPSA) is 20.2 Å². The van der Waals surface area contributed by atoms with E-state index in [2.05, 4.69) is 119 Å². The number of hydrogen-bond acceptors (Lipinski definition) is 1. The summed E-state index contributed by atoms with van der Waals surface area (Å²) in [6, 6.07) is 44.2. The minimum Gasteiger partial charge on any atom is -0.376 e. The van der Waals surface area contributed by atoms with Crippen molar-refractivity contribution in [1.29, 1.82) is 0 Å². The Hall–Kier alpha value is -3.03. The number of aliphatic hydroxyl groups is 1. The molecule has 1 nitrogen and oxygen atoms in total. The molecule has 5 aromatic rings. The van der Waals surface area contributed by atoms with Crippen molar-refractivity contribution in [3.05, 3.63) is 149 Å². The van der Waals surface area contributed by atoms with Crippen LogP contribution in [0.4, 0.5) is 0 Å². The lowest BCUT2D eigenvalue weighted by Gasteiger charge is -2.28. The summed E-state index contributed by atoms with van der Waals surface area (Å²) in [5.74, 6) is 0. The van der Waals surface area contributed by atoms with Crippen molar-refractivity contribution < 1.29 is 5.11 Å². The van der Waals surface area contributed by atoms with Crippen molar-refractivity contribution in [3.8, 4) is 11.1 Å². The van der Waals surface area contributed by atoms with Gasteiger partial charge in [0.2, 0.25) is 0 Å². The summed E-state index contributed by atoms with van der Waals surface area (Å²) >= 11 is 3.66. The van der Waals surface area contributed by atoms with E-state index >= 15 is 0 Å². The van der Waals surface area contributed by atoms with Crippen LogP contribution in [0.15, 0.2) is 132 Å². The van der Waals surface area contributed by atoms with E-state index in [9.17, 15) is 5.11 Å². The Morgan fingerprint density at radius 3 is 1.71 bits per heavy atom. The minimum absolute atomic E-state index is 0.791. The summed E-state index contributed by atoms with van der Waals surface area (Å²) < 4.78 is 1.07. The average Bonchev–Trinajstić information content (AvgIpc) is 3.15. The molecule has 5 aromatic carbocycles. The highest BCUT2D eigenvalue weighted by atomic mass is 79.9. The summed E-state index contributed by atoms with van der Waals surface area (Å²) in [6.45, 7) is 0. The first-order valence-electron chi connectivity index (χ1n) is 11.3. The number of rotatable bonds is 4. The molecule has 1 aliphatic carbocycles. The second-order valence-corrected chi connectivity index (χ2v) is 11.6. The predicted molar refractivity (Wildman–Crippen MR) is 147 cm³/mol. The Morgan fingerprint density at radius 1 is 0.529 bits per heavy atom. The maximum Gasteiger partial charge on any atom is 0.141 e. The molecule has 6 rings (SSSR count). The van der Waals surface area contributed by atoms with E-state index in [4.69, 9.17) is 0 Å². The van der Waals surface area contributed by atoms with Gasteiger partial charge in [-0.3, -0.25) is 0 Å². The number of fused-ring (bicyclic) bond motifs is 3. The summed E-state index contributed by atoms with van der Waals surface area (Å²) in [5.41, 5.74) is 3.81. The molecule has 0 fully saturated rings. The highest BCUT2D eigenvalue weighted by Gasteiger charge is 2.43. The van der Waals surface area contributed by atoms with E-state index < -0.39 is 13.5 Å². The zero-order valence-electron chi connectivity index (χ0n) is 18.4. The predicted octanol–water partition coefficient (Wildman–Crippen LogP) is 6.47. The molecular formula is C31H22BrOP. The van der Waals surface area contributed by atoms with E-state index in [1.165, 1.54) is 15.9 Å². The molecule has 1 aliphatic rings.